The molecule has 1 amide bonds. The Morgan fingerprint density at radius 2 is 2.16 bits per heavy atom. The molecule has 104 valence electrons. The van der Waals surface area contributed by atoms with Gasteiger partial charge in [-0.15, -0.1) is 0 Å². The SMILES string of the molecule is CC(C)(C)OC(=O)NCC=Cc1ccc(F)cc1N. The van der Waals surface area contributed by atoms with Crippen LogP contribution in [0.25, 0.3) is 6.08 Å². The average molecular weight is 266 g/mol. The smallest absolute Gasteiger partial charge is 0.407 e. The van der Waals surface area contributed by atoms with E-state index in [2.05, 4.69) is 5.32 Å². The molecule has 3 N–H and O–H groups in total. The van der Waals surface area contributed by atoms with E-state index in [4.69, 9.17) is 10.5 Å². The van der Waals surface area contributed by atoms with Gasteiger partial charge in [-0.2, -0.15) is 0 Å². The minimum Gasteiger partial charge on any atom is -0.444 e. The monoisotopic (exact) mass is 266 g/mol. The molecule has 19 heavy (non-hydrogen) atoms. The molecule has 1 aromatic carbocycles. The second-order valence-corrected chi connectivity index (χ2v) is 5.06. The van der Waals surface area contributed by atoms with Crippen molar-refractivity contribution in [1.29, 1.82) is 0 Å². The highest BCUT2D eigenvalue weighted by Crippen LogP contribution is 2.14. The summed E-state index contributed by atoms with van der Waals surface area (Å²) in [6.07, 6.45) is 2.95. The number of ether oxygens (including phenoxy) is 1. The number of nitrogen functional groups attached to an aromatic ring is 1. The van der Waals surface area contributed by atoms with Crippen molar-refractivity contribution in [3.8, 4) is 0 Å². The van der Waals surface area contributed by atoms with Crippen LogP contribution in [0.2, 0.25) is 0 Å². The highest BCUT2D eigenvalue weighted by molar-refractivity contribution is 5.68. The van der Waals surface area contributed by atoms with Gasteiger partial charge >= 0.3 is 6.09 Å². The standard InChI is InChI=1S/C14H19FN2O2/c1-14(2,3)19-13(18)17-8-4-5-10-6-7-11(15)9-12(10)16/h4-7,9H,8,16H2,1-3H3,(H,17,18). The van der Waals surface area contributed by atoms with Crippen molar-refractivity contribution in [2.24, 2.45) is 0 Å². The summed E-state index contributed by atoms with van der Waals surface area (Å²) in [6, 6.07) is 4.16. The van der Waals surface area contributed by atoms with Crippen LogP contribution in [0.3, 0.4) is 0 Å². The van der Waals surface area contributed by atoms with E-state index in [0.29, 0.717) is 17.8 Å². The van der Waals surface area contributed by atoms with Gasteiger partial charge in [0.1, 0.15) is 11.4 Å². The fourth-order valence-electron chi connectivity index (χ4n) is 1.34. The number of carbonyl (C=O) groups excluding carboxylic acids is 1. The Bertz CT molecular complexity index is 479. The molecule has 0 fully saturated rings. The van der Waals surface area contributed by atoms with Crippen LogP contribution in [-0.2, 0) is 4.74 Å². The lowest BCUT2D eigenvalue weighted by atomic mass is 10.1. The maximum absolute atomic E-state index is 12.8. The van der Waals surface area contributed by atoms with Gasteiger partial charge in [-0.05, 0) is 38.5 Å². The quantitative estimate of drug-likeness (QED) is 0.827. The Morgan fingerprint density at radius 1 is 1.47 bits per heavy atom. The molecule has 4 nitrogen and oxygen atoms in total. The molecule has 0 unspecified atom stereocenters. The summed E-state index contributed by atoms with van der Waals surface area (Å²) >= 11 is 0. The second kappa shape index (κ2) is 6.22. The van der Waals surface area contributed by atoms with Crippen molar-refractivity contribution in [3.05, 3.63) is 35.7 Å². The predicted octanol–water partition coefficient (Wildman–Crippen LogP) is 2.95. The largest absolute Gasteiger partial charge is 0.444 e. The molecular weight excluding hydrogens is 247 g/mol. The third kappa shape index (κ3) is 5.90. The number of anilines is 1. The normalized spacial score (nSPS) is 11.6. The van der Waals surface area contributed by atoms with E-state index >= 15 is 0 Å². The van der Waals surface area contributed by atoms with Crippen molar-refractivity contribution in [2.45, 2.75) is 26.4 Å². The summed E-state index contributed by atoms with van der Waals surface area (Å²) < 4.78 is 17.9. The predicted molar refractivity (Wildman–Crippen MR) is 74.1 cm³/mol. The molecule has 0 saturated heterocycles. The molecule has 0 aliphatic carbocycles. The van der Waals surface area contributed by atoms with Gasteiger partial charge in [0.05, 0.1) is 0 Å². The zero-order chi connectivity index (χ0) is 14.5. The summed E-state index contributed by atoms with van der Waals surface area (Å²) in [6.45, 7) is 5.69. The molecule has 0 aliphatic rings. The van der Waals surface area contributed by atoms with Crippen molar-refractivity contribution >= 4 is 17.9 Å². The van der Waals surface area contributed by atoms with Crippen LogP contribution in [-0.4, -0.2) is 18.2 Å². The number of alkyl carbamates (subject to hydrolysis) is 1. The molecule has 0 bridgehead atoms. The minimum atomic E-state index is -0.519. The zero-order valence-electron chi connectivity index (χ0n) is 11.4. The van der Waals surface area contributed by atoms with Crippen LogP contribution in [0.5, 0.6) is 0 Å². The Morgan fingerprint density at radius 3 is 2.74 bits per heavy atom. The van der Waals surface area contributed by atoms with Crippen LogP contribution in [0, 0.1) is 5.82 Å². The van der Waals surface area contributed by atoms with Gasteiger partial charge in [-0.1, -0.05) is 18.2 Å². The second-order valence-electron chi connectivity index (χ2n) is 5.06. The van der Waals surface area contributed by atoms with E-state index in [1.165, 1.54) is 12.1 Å². The Balaban J connectivity index is 2.44. The van der Waals surface area contributed by atoms with Crippen LogP contribution >= 0.6 is 0 Å². The van der Waals surface area contributed by atoms with E-state index in [1.54, 1.807) is 39.0 Å². The topological polar surface area (TPSA) is 64.3 Å². The first-order valence-corrected chi connectivity index (χ1v) is 5.96. The van der Waals surface area contributed by atoms with Gasteiger partial charge in [0.2, 0.25) is 0 Å². The molecule has 0 heterocycles. The maximum Gasteiger partial charge on any atom is 0.407 e. The maximum atomic E-state index is 12.8. The zero-order valence-corrected chi connectivity index (χ0v) is 11.4. The molecule has 1 rings (SSSR count). The molecule has 5 heteroatoms. The minimum absolute atomic E-state index is 0.311. The lowest BCUT2D eigenvalue weighted by molar-refractivity contribution is 0.0534. The van der Waals surface area contributed by atoms with Gasteiger partial charge in [-0.25, -0.2) is 9.18 Å². The first kappa shape index (κ1) is 15.0. The van der Waals surface area contributed by atoms with E-state index in [9.17, 15) is 9.18 Å². The first-order valence-electron chi connectivity index (χ1n) is 5.96. The van der Waals surface area contributed by atoms with E-state index < -0.39 is 11.7 Å². The van der Waals surface area contributed by atoms with Crippen molar-refractivity contribution in [2.75, 3.05) is 12.3 Å². The lowest BCUT2D eigenvalue weighted by Gasteiger charge is -2.19. The fourth-order valence-corrected chi connectivity index (χ4v) is 1.34. The molecule has 0 saturated carbocycles. The van der Waals surface area contributed by atoms with E-state index in [-0.39, 0.29) is 5.82 Å². The number of carbonyl (C=O) groups is 1. The van der Waals surface area contributed by atoms with Crippen molar-refractivity contribution < 1.29 is 13.9 Å². The van der Waals surface area contributed by atoms with Gasteiger partial charge in [0, 0.05) is 12.2 Å². The van der Waals surface area contributed by atoms with Gasteiger partial charge in [0.25, 0.3) is 0 Å². The number of benzene rings is 1. The third-order valence-electron chi connectivity index (χ3n) is 2.11. The fraction of sp³-hybridized carbons (Fsp3) is 0.357. The van der Waals surface area contributed by atoms with Gasteiger partial charge in [-0.3, -0.25) is 0 Å². The summed E-state index contributed by atoms with van der Waals surface area (Å²) in [7, 11) is 0. The third-order valence-corrected chi connectivity index (χ3v) is 2.11. The number of halogens is 1. The molecule has 0 aliphatic heterocycles. The summed E-state index contributed by atoms with van der Waals surface area (Å²) in [4.78, 5) is 11.3. The molecule has 0 spiro atoms. The number of hydrogen-bond acceptors (Lipinski definition) is 3. The molecular formula is C14H19FN2O2. The van der Waals surface area contributed by atoms with Crippen molar-refractivity contribution in [3.63, 3.8) is 0 Å². The van der Waals surface area contributed by atoms with Crippen LogP contribution in [0.4, 0.5) is 14.9 Å². The molecule has 0 aromatic heterocycles. The Kier molecular flexibility index (Phi) is 4.92. The van der Waals surface area contributed by atoms with Gasteiger partial charge in [0.15, 0.2) is 0 Å². The van der Waals surface area contributed by atoms with Crippen LogP contribution in [0.1, 0.15) is 26.3 Å². The molecule has 1 aromatic rings. The van der Waals surface area contributed by atoms with Gasteiger partial charge < -0.3 is 15.8 Å². The summed E-state index contributed by atoms with van der Waals surface area (Å²) in [5.74, 6) is -0.374. The Labute approximate surface area is 112 Å². The van der Waals surface area contributed by atoms with Crippen LogP contribution in [0.15, 0.2) is 24.3 Å². The first-order chi connectivity index (χ1) is 8.78. The average Bonchev–Trinajstić information content (AvgIpc) is 2.24. The number of nitrogens with one attached hydrogen (secondary N) is 1. The van der Waals surface area contributed by atoms with E-state index in [0.717, 1.165) is 0 Å². The highest BCUT2D eigenvalue weighted by atomic mass is 19.1. The lowest BCUT2D eigenvalue weighted by Crippen LogP contribution is -2.32. The number of rotatable bonds is 3. The molecule has 0 atom stereocenters. The number of nitrogens with two attached hydrogens (primary N) is 1. The number of amides is 1. The van der Waals surface area contributed by atoms with Crippen LogP contribution < -0.4 is 11.1 Å². The Hall–Kier alpha value is -2.04. The highest BCUT2D eigenvalue weighted by Gasteiger charge is 2.14. The van der Waals surface area contributed by atoms with Crippen molar-refractivity contribution in [1.82, 2.24) is 5.32 Å². The van der Waals surface area contributed by atoms with E-state index in [1.807, 2.05) is 0 Å². The number of hydrogen-bond donors (Lipinski definition) is 2. The summed E-state index contributed by atoms with van der Waals surface area (Å²) in [5, 5.41) is 2.58. The summed E-state index contributed by atoms with van der Waals surface area (Å²) in [5.41, 5.74) is 6.18. The molecule has 0 radical (unpaired) electrons.